The summed E-state index contributed by atoms with van der Waals surface area (Å²) >= 11 is 0. The molecule has 2 rings (SSSR count). The number of nitrogens with zero attached hydrogens (tertiary/aromatic N) is 1. The third-order valence-corrected chi connectivity index (χ3v) is 6.00. The molecule has 2 unspecified atom stereocenters. The smallest absolute Gasteiger partial charge is 0.430 e. The Morgan fingerprint density at radius 1 is 1.27 bits per heavy atom. The van der Waals surface area contributed by atoms with Crippen molar-refractivity contribution in [3.63, 3.8) is 0 Å². The number of sulfonamides is 1. The first-order valence-corrected chi connectivity index (χ1v) is 10.2. The standard InChI is InChI=1S/C17H23F2NO5S/c1-5-10(2)20(26(4,22)23)8-12-6-15(19)13(7-14(12)18)11(3)16-9-24-17(21)25-16/h6-7,10-11,16H,5,8-9H2,1-4H3/t10-,11?,16?/m0/s1. The van der Waals surface area contributed by atoms with E-state index in [4.69, 9.17) is 4.74 Å². The Bertz CT molecular complexity index is 784. The number of ether oxygens (including phenoxy) is 2. The fourth-order valence-corrected chi connectivity index (χ4v) is 4.01. The van der Waals surface area contributed by atoms with Gasteiger partial charge in [0, 0.05) is 24.1 Å². The molecule has 26 heavy (non-hydrogen) atoms. The van der Waals surface area contributed by atoms with Crippen molar-refractivity contribution in [1.82, 2.24) is 4.31 Å². The van der Waals surface area contributed by atoms with Gasteiger partial charge in [-0.1, -0.05) is 13.8 Å². The summed E-state index contributed by atoms with van der Waals surface area (Å²) in [4.78, 5) is 11.0. The van der Waals surface area contributed by atoms with E-state index in [0.29, 0.717) is 6.42 Å². The molecule has 1 aromatic rings. The number of halogens is 2. The quantitative estimate of drug-likeness (QED) is 0.668. The Morgan fingerprint density at radius 2 is 1.92 bits per heavy atom. The number of hydrogen-bond donors (Lipinski definition) is 0. The van der Waals surface area contributed by atoms with Crippen molar-refractivity contribution in [3.05, 3.63) is 34.9 Å². The van der Waals surface area contributed by atoms with Crippen LogP contribution in [0.5, 0.6) is 0 Å². The molecule has 1 aliphatic heterocycles. The van der Waals surface area contributed by atoms with E-state index in [2.05, 4.69) is 4.74 Å². The van der Waals surface area contributed by atoms with Gasteiger partial charge in [-0.15, -0.1) is 0 Å². The molecule has 1 saturated heterocycles. The summed E-state index contributed by atoms with van der Waals surface area (Å²) in [7, 11) is -3.58. The highest BCUT2D eigenvalue weighted by atomic mass is 32.2. The molecule has 0 aliphatic carbocycles. The van der Waals surface area contributed by atoms with Crippen LogP contribution in [0.25, 0.3) is 0 Å². The minimum absolute atomic E-state index is 0.0291. The molecule has 146 valence electrons. The van der Waals surface area contributed by atoms with Gasteiger partial charge in [0.05, 0.1) is 6.26 Å². The van der Waals surface area contributed by atoms with Crippen molar-refractivity contribution in [3.8, 4) is 0 Å². The molecule has 0 aromatic heterocycles. The van der Waals surface area contributed by atoms with Gasteiger partial charge in [-0.2, -0.15) is 4.31 Å². The first kappa shape index (κ1) is 20.6. The predicted octanol–water partition coefficient (Wildman–Crippen LogP) is 3.16. The molecule has 1 fully saturated rings. The molecular formula is C17H23F2NO5S. The van der Waals surface area contributed by atoms with Gasteiger partial charge in [0.15, 0.2) is 0 Å². The molecule has 3 atom stereocenters. The first-order chi connectivity index (χ1) is 12.0. The Labute approximate surface area is 152 Å². The van der Waals surface area contributed by atoms with Crippen molar-refractivity contribution >= 4 is 16.2 Å². The number of rotatable bonds is 7. The third-order valence-electron chi connectivity index (χ3n) is 4.66. The summed E-state index contributed by atoms with van der Waals surface area (Å²) in [6.07, 6.45) is 0.0454. The fraction of sp³-hybridized carbons (Fsp3) is 0.588. The van der Waals surface area contributed by atoms with Gasteiger partial charge in [-0.3, -0.25) is 0 Å². The van der Waals surface area contributed by atoms with Gasteiger partial charge >= 0.3 is 6.16 Å². The largest absolute Gasteiger partial charge is 0.508 e. The van der Waals surface area contributed by atoms with E-state index in [1.54, 1.807) is 13.8 Å². The highest BCUT2D eigenvalue weighted by Gasteiger charge is 2.33. The Morgan fingerprint density at radius 3 is 2.42 bits per heavy atom. The number of cyclic esters (lactones) is 2. The molecule has 6 nitrogen and oxygen atoms in total. The SMILES string of the molecule is CC[C@H](C)N(Cc1cc(F)c(C(C)C2COC(=O)O2)cc1F)S(C)(=O)=O. The van der Waals surface area contributed by atoms with E-state index in [0.717, 1.165) is 22.7 Å². The summed E-state index contributed by atoms with van der Waals surface area (Å²) < 4.78 is 63.7. The van der Waals surface area contributed by atoms with Crippen LogP contribution in [0.15, 0.2) is 12.1 Å². The molecule has 1 aliphatic rings. The van der Waals surface area contributed by atoms with E-state index in [-0.39, 0.29) is 30.3 Å². The van der Waals surface area contributed by atoms with Gasteiger partial charge in [-0.25, -0.2) is 22.0 Å². The maximum Gasteiger partial charge on any atom is 0.508 e. The third kappa shape index (κ3) is 4.50. The minimum Gasteiger partial charge on any atom is -0.430 e. The zero-order valence-corrected chi connectivity index (χ0v) is 16.0. The zero-order valence-electron chi connectivity index (χ0n) is 15.2. The summed E-state index contributed by atoms with van der Waals surface area (Å²) in [5.41, 5.74) is -0.00663. The van der Waals surface area contributed by atoms with E-state index >= 15 is 0 Å². The Hall–Kier alpha value is -1.74. The summed E-state index contributed by atoms with van der Waals surface area (Å²) in [6.45, 7) is 4.84. The van der Waals surface area contributed by atoms with Gasteiger partial charge < -0.3 is 9.47 Å². The molecule has 0 radical (unpaired) electrons. The Kier molecular flexibility index (Phi) is 6.23. The van der Waals surface area contributed by atoms with Crippen LogP contribution in [0.2, 0.25) is 0 Å². The average molecular weight is 391 g/mol. The fourth-order valence-electron chi connectivity index (χ4n) is 2.83. The van der Waals surface area contributed by atoms with Crippen molar-refractivity contribution < 1.29 is 31.5 Å². The minimum atomic E-state index is -3.58. The molecule has 9 heteroatoms. The normalized spacial score (nSPS) is 20.0. The second-order valence-electron chi connectivity index (χ2n) is 6.54. The van der Waals surface area contributed by atoms with Crippen LogP contribution in [-0.4, -0.2) is 43.9 Å². The van der Waals surface area contributed by atoms with Crippen LogP contribution in [0.3, 0.4) is 0 Å². The summed E-state index contributed by atoms with van der Waals surface area (Å²) in [5, 5.41) is 0. The zero-order chi connectivity index (χ0) is 19.6. The average Bonchev–Trinajstić information content (AvgIpc) is 2.99. The number of carbonyl (C=O) groups excluding carboxylic acids is 1. The summed E-state index contributed by atoms with van der Waals surface area (Å²) in [6, 6.07) is 1.68. The second kappa shape index (κ2) is 7.87. The van der Waals surface area contributed by atoms with Crippen molar-refractivity contribution in [2.24, 2.45) is 0 Å². The molecule has 0 saturated carbocycles. The maximum atomic E-state index is 14.5. The van der Waals surface area contributed by atoms with Crippen molar-refractivity contribution in [2.75, 3.05) is 12.9 Å². The van der Waals surface area contributed by atoms with Gasteiger partial charge in [0.2, 0.25) is 10.0 Å². The maximum absolute atomic E-state index is 14.5. The van der Waals surface area contributed by atoms with E-state index in [1.807, 2.05) is 6.92 Å². The Balaban J connectivity index is 2.29. The van der Waals surface area contributed by atoms with Crippen LogP contribution in [0.4, 0.5) is 13.6 Å². The molecule has 0 bridgehead atoms. The first-order valence-electron chi connectivity index (χ1n) is 8.32. The molecular weight excluding hydrogens is 368 g/mol. The lowest BCUT2D eigenvalue weighted by Gasteiger charge is -2.26. The molecule has 0 amide bonds. The second-order valence-corrected chi connectivity index (χ2v) is 8.47. The van der Waals surface area contributed by atoms with Gasteiger partial charge in [0.1, 0.15) is 24.3 Å². The van der Waals surface area contributed by atoms with Gasteiger partial charge in [-0.05, 0) is 31.0 Å². The lowest BCUT2D eigenvalue weighted by molar-refractivity contribution is 0.112. The summed E-state index contributed by atoms with van der Waals surface area (Å²) in [5.74, 6) is -2.00. The van der Waals surface area contributed by atoms with E-state index < -0.39 is 39.8 Å². The lowest BCUT2D eigenvalue weighted by atomic mass is 9.94. The van der Waals surface area contributed by atoms with Crippen LogP contribution < -0.4 is 0 Å². The predicted molar refractivity (Wildman–Crippen MR) is 91.1 cm³/mol. The molecule has 0 N–H and O–H groups in total. The number of benzene rings is 1. The van der Waals surface area contributed by atoms with Crippen LogP contribution >= 0.6 is 0 Å². The topological polar surface area (TPSA) is 72.9 Å². The van der Waals surface area contributed by atoms with Crippen LogP contribution in [0, 0.1) is 11.6 Å². The van der Waals surface area contributed by atoms with Crippen molar-refractivity contribution in [1.29, 1.82) is 0 Å². The highest BCUT2D eigenvalue weighted by Crippen LogP contribution is 2.30. The van der Waals surface area contributed by atoms with E-state index in [1.165, 1.54) is 0 Å². The number of carbonyl (C=O) groups is 1. The lowest BCUT2D eigenvalue weighted by Crippen LogP contribution is -2.37. The van der Waals surface area contributed by atoms with Crippen LogP contribution in [0.1, 0.15) is 44.2 Å². The highest BCUT2D eigenvalue weighted by molar-refractivity contribution is 7.88. The van der Waals surface area contributed by atoms with E-state index in [9.17, 15) is 22.0 Å². The number of hydrogen-bond acceptors (Lipinski definition) is 5. The monoisotopic (exact) mass is 391 g/mol. The molecule has 0 spiro atoms. The molecule has 1 heterocycles. The molecule has 1 aromatic carbocycles. The van der Waals surface area contributed by atoms with Crippen LogP contribution in [-0.2, 0) is 26.0 Å². The van der Waals surface area contributed by atoms with Crippen molar-refractivity contribution in [2.45, 2.75) is 51.8 Å². The van der Waals surface area contributed by atoms with Gasteiger partial charge in [0.25, 0.3) is 0 Å².